The first-order valence-corrected chi connectivity index (χ1v) is 5.22. The Morgan fingerprint density at radius 3 is 2.06 bits per heavy atom. The van der Waals surface area contributed by atoms with E-state index in [1.165, 1.54) is 18.2 Å². The second-order valence-corrected chi connectivity index (χ2v) is 4.21. The zero-order valence-electron chi connectivity index (χ0n) is 9.54. The molecule has 0 spiro atoms. The zero-order chi connectivity index (χ0) is 11.4. The van der Waals surface area contributed by atoms with Gasteiger partial charge in [-0.05, 0) is 30.9 Å². The molecular formula is C12H18ClF2N. The third-order valence-electron chi connectivity index (χ3n) is 2.43. The summed E-state index contributed by atoms with van der Waals surface area (Å²) >= 11 is 0. The number of hydrogen-bond acceptors (Lipinski definition) is 1. The molecule has 1 nitrogen and oxygen atoms in total. The van der Waals surface area contributed by atoms with Crippen molar-refractivity contribution in [3.63, 3.8) is 0 Å². The Morgan fingerprint density at radius 1 is 1.12 bits per heavy atom. The number of nitrogens with two attached hydrogens (primary N) is 1. The summed E-state index contributed by atoms with van der Waals surface area (Å²) in [6.07, 6.45) is 1.48. The summed E-state index contributed by atoms with van der Waals surface area (Å²) in [5.74, 6) is -0.608. The highest BCUT2D eigenvalue weighted by Gasteiger charge is 2.16. The second kappa shape index (κ2) is 6.81. The first-order valence-electron chi connectivity index (χ1n) is 5.22. The maximum Gasteiger partial charge on any atom is 0.130 e. The van der Waals surface area contributed by atoms with Gasteiger partial charge in [0.15, 0.2) is 0 Å². The van der Waals surface area contributed by atoms with E-state index in [9.17, 15) is 8.78 Å². The van der Waals surface area contributed by atoms with Crippen LogP contribution in [-0.2, 0) is 0 Å². The van der Waals surface area contributed by atoms with E-state index in [0.29, 0.717) is 12.3 Å². The standard InChI is InChI=1S/C12H17F2N.ClH/c1-8(2)6-7-11(15)12-9(13)4-3-5-10(12)14;/h3-5,8,11H,6-7,15H2,1-2H3;1H. The van der Waals surface area contributed by atoms with Crippen molar-refractivity contribution in [1.29, 1.82) is 0 Å². The fourth-order valence-electron chi connectivity index (χ4n) is 1.52. The smallest absolute Gasteiger partial charge is 0.130 e. The van der Waals surface area contributed by atoms with Crippen LogP contribution in [0.4, 0.5) is 8.78 Å². The van der Waals surface area contributed by atoms with Crippen LogP contribution in [0.15, 0.2) is 18.2 Å². The van der Waals surface area contributed by atoms with Crippen LogP contribution in [0.1, 0.15) is 38.3 Å². The molecule has 0 fully saturated rings. The highest BCUT2D eigenvalue weighted by molar-refractivity contribution is 5.85. The van der Waals surface area contributed by atoms with E-state index >= 15 is 0 Å². The molecule has 0 aromatic heterocycles. The fourth-order valence-corrected chi connectivity index (χ4v) is 1.52. The van der Waals surface area contributed by atoms with Gasteiger partial charge in [0.25, 0.3) is 0 Å². The fraction of sp³-hybridized carbons (Fsp3) is 0.500. The van der Waals surface area contributed by atoms with Gasteiger partial charge in [0.05, 0.1) is 0 Å². The van der Waals surface area contributed by atoms with Gasteiger partial charge in [0.2, 0.25) is 0 Å². The highest BCUT2D eigenvalue weighted by Crippen LogP contribution is 2.23. The van der Waals surface area contributed by atoms with Crippen molar-refractivity contribution < 1.29 is 8.78 Å². The molecule has 0 saturated heterocycles. The predicted molar refractivity (Wildman–Crippen MR) is 64.6 cm³/mol. The van der Waals surface area contributed by atoms with Gasteiger partial charge in [-0.25, -0.2) is 8.78 Å². The van der Waals surface area contributed by atoms with Crippen molar-refractivity contribution in [3.05, 3.63) is 35.4 Å². The molecule has 1 aromatic carbocycles. The molecule has 0 heterocycles. The van der Waals surface area contributed by atoms with E-state index in [1.54, 1.807) is 0 Å². The highest BCUT2D eigenvalue weighted by atomic mass is 35.5. The van der Waals surface area contributed by atoms with E-state index in [2.05, 4.69) is 13.8 Å². The van der Waals surface area contributed by atoms with Crippen LogP contribution in [0.2, 0.25) is 0 Å². The Balaban J connectivity index is 0.00000225. The van der Waals surface area contributed by atoms with Gasteiger partial charge < -0.3 is 5.73 Å². The topological polar surface area (TPSA) is 26.0 Å². The van der Waals surface area contributed by atoms with Crippen molar-refractivity contribution in [2.24, 2.45) is 11.7 Å². The van der Waals surface area contributed by atoms with Crippen LogP contribution in [-0.4, -0.2) is 0 Å². The van der Waals surface area contributed by atoms with Gasteiger partial charge >= 0.3 is 0 Å². The van der Waals surface area contributed by atoms with Crippen molar-refractivity contribution >= 4 is 12.4 Å². The molecule has 1 unspecified atom stereocenters. The third-order valence-corrected chi connectivity index (χ3v) is 2.43. The maximum absolute atomic E-state index is 13.3. The molecule has 0 radical (unpaired) electrons. The first kappa shape index (κ1) is 15.3. The molecule has 1 rings (SSSR count). The molecule has 16 heavy (non-hydrogen) atoms. The van der Waals surface area contributed by atoms with Gasteiger partial charge in [0, 0.05) is 11.6 Å². The predicted octanol–water partition coefficient (Wildman–Crippen LogP) is 3.82. The SMILES string of the molecule is CC(C)CCC(N)c1c(F)cccc1F.Cl. The molecule has 0 saturated carbocycles. The monoisotopic (exact) mass is 249 g/mol. The van der Waals surface area contributed by atoms with Gasteiger partial charge in [0.1, 0.15) is 11.6 Å². The summed E-state index contributed by atoms with van der Waals surface area (Å²) in [6, 6.07) is 3.29. The van der Waals surface area contributed by atoms with Gasteiger partial charge in [-0.2, -0.15) is 0 Å². The summed E-state index contributed by atoms with van der Waals surface area (Å²) in [6.45, 7) is 4.12. The number of benzene rings is 1. The summed E-state index contributed by atoms with van der Waals surface area (Å²) in [5.41, 5.74) is 5.78. The lowest BCUT2D eigenvalue weighted by atomic mass is 9.97. The van der Waals surface area contributed by atoms with Crippen LogP contribution < -0.4 is 5.73 Å². The molecule has 1 atom stereocenters. The molecule has 0 aliphatic rings. The minimum atomic E-state index is -0.550. The number of hydrogen-bond donors (Lipinski definition) is 1. The zero-order valence-corrected chi connectivity index (χ0v) is 10.4. The first-order chi connectivity index (χ1) is 7.02. The van der Waals surface area contributed by atoms with Crippen molar-refractivity contribution in [3.8, 4) is 0 Å². The van der Waals surface area contributed by atoms with Crippen molar-refractivity contribution in [2.45, 2.75) is 32.7 Å². The van der Waals surface area contributed by atoms with Gasteiger partial charge in [-0.15, -0.1) is 12.4 Å². The molecule has 4 heteroatoms. The van der Waals surface area contributed by atoms with Crippen LogP contribution in [0.5, 0.6) is 0 Å². The van der Waals surface area contributed by atoms with Crippen LogP contribution in [0.25, 0.3) is 0 Å². The van der Waals surface area contributed by atoms with Crippen molar-refractivity contribution in [2.75, 3.05) is 0 Å². The van der Waals surface area contributed by atoms with E-state index in [0.717, 1.165) is 6.42 Å². The van der Waals surface area contributed by atoms with Crippen molar-refractivity contribution in [1.82, 2.24) is 0 Å². The van der Waals surface area contributed by atoms with Crippen LogP contribution in [0.3, 0.4) is 0 Å². The molecular weight excluding hydrogens is 232 g/mol. The lowest BCUT2D eigenvalue weighted by molar-refractivity contribution is 0.468. The Kier molecular flexibility index (Phi) is 6.53. The second-order valence-electron chi connectivity index (χ2n) is 4.21. The van der Waals surface area contributed by atoms with Gasteiger partial charge in [-0.1, -0.05) is 19.9 Å². The van der Waals surface area contributed by atoms with E-state index in [-0.39, 0.29) is 18.0 Å². The summed E-state index contributed by atoms with van der Waals surface area (Å²) < 4.78 is 26.6. The minimum absolute atomic E-state index is 0. The average molecular weight is 250 g/mol. The van der Waals surface area contributed by atoms with E-state index < -0.39 is 17.7 Å². The van der Waals surface area contributed by atoms with Crippen LogP contribution in [0, 0.1) is 17.6 Å². The molecule has 0 aliphatic heterocycles. The molecule has 0 amide bonds. The quantitative estimate of drug-likeness (QED) is 0.863. The summed E-state index contributed by atoms with van der Waals surface area (Å²) in [5, 5.41) is 0. The van der Waals surface area contributed by atoms with E-state index in [4.69, 9.17) is 5.73 Å². The largest absolute Gasteiger partial charge is 0.324 e. The Labute approximate surface area is 101 Å². The minimum Gasteiger partial charge on any atom is -0.324 e. The molecule has 1 aromatic rings. The Bertz CT molecular complexity index is 309. The Morgan fingerprint density at radius 2 is 1.62 bits per heavy atom. The Hall–Kier alpha value is -0.670. The number of rotatable bonds is 4. The molecule has 0 aliphatic carbocycles. The normalized spacial score (nSPS) is 12.4. The molecule has 92 valence electrons. The van der Waals surface area contributed by atoms with E-state index in [1.807, 2.05) is 0 Å². The maximum atomic E-state index is 13.3. The summed E-state index contributed by atoms with van der Waals surface area (Å²) in [7, 11) is 0. The lowest BCUT2D eigenvalue weighted by Crippen LogP contribution is -2.15. The van der Waals surface area contributed by atoms with Crippen LogP contribution >= 0.6 is 12.4 Å². The lowest BCUT2D eigenvalue weighted by Gasteiger charge is -2.14. The van der Waals surface area contributed by atoms with Gasteiger partial charge in [-0.3, -0.25) is 0 Å². The molecule has 0 bridgehead atoms. The summed E-state index contributed by atoms with van der Waals surface area (Å²) in [4.78, 5) is 0. The third kappa shape index (κ3) is 4.06. The number of halogens is 3. The molecule has 2 N–H and O–H groups in total. The average Bonchev–Trinajstić information content (AvgIpc) is 2.14.